The number of hydrazine groups is 1. The summed E-state index contributed by atoms with van der Waals surface area (Å²) in [6.45, 7) is 4.64. The van der Waals surface area contributed by atoms with Gasteiger partial charge in [-0.3, -0.25) is 20.4 Å². The largest absolute Gasteiger partial charge is 0.487 e. The molecule has 0 spiro atoms. The molecular weight excluding hydrogens is 565 g/mol. The predicted molar refractivity (Wildman–Crippen MR) is 141 cm³/mol. The number of benzene rings is 2. The summed E-state index contributed by atoms with van der Waals surface area (Å²) in [5, 5.41) is -0.825. The summed E-state index contributed by atoms with van der Waals surface area (Å²) >= 11 is 11.9. The molecule has 2 aromatic carbocycles. The molecule has 5 rings (SSSR count). The molecule has 2 aliphatic heterocycles. The van der Waals surface area contributed by atoms with Crippen molar-refractivity contribution in [1.82, 2.24) is 14.9 Å². The normalized spacial score (nSPS) is 17.7. The molecule has 1 amide bonds. The molecule has 0 aliphatic carbocycles. The number of ether oxygens (including phenoxy) is 1. The van der Waals surface area contributed by atoms with Gasteiger partial charge in [0.05, 0.1) is 38.2 Å². The van der Waals surface area contributed by atoms with E-state index in [-0.39, 0.29) is 40.7 Å². The third-order valence-electron chi connectivity index (χ3n) is 6.88. The molecular formula is C25H23Cl2F4N5O3. The number of piperazine rings is 1. The Morgan fingerprint density at radius 2 is 1.74 bits per heavy atom. The highest BCUT2D eigenvalue weighted by molar-refractivity contribution is 6.39. The minimum atomic E-state index is -4.67. The van der Waals surface area contributed by atoms with E-state index in [4.69, 9.17) is 27.9 Å². The van der Waals surface area contributed by atoms with Gasteiger partial charge in [-0.25, -0.2) is 4.39 Å². The zero-order valence-electron chi connectivity index (χ0n) is 20.8. The number of carbonyl (C=O) groups excluding carboxylic acids is 1. The van der Waals surface area contributed by atoms with Gasteiger partial charge in [-0.05, 0) is 32.2 Å². The van der Waals surface area contributed by atoms with Gasteiger partial charge in [0, 0.05) is 32.4 Å². The zero-order chi connectivity index (χ0) is 28.2. The molecule has 8 nitrogen and oxygen atoms in total. The van der Waals surface area contributed by atoms with Crippen LogP contribution in [0.2, 0.25) is 10.0 Å². The van der Waals surface area contributed by atoms with Gasteiger partial charge in [-0.15, -0.1) is 0 Å². The molecule has 0 radical (unpaired) electrons. The van der Waals surface area contributed by atoms with E-state index in [1.165, 1.54) is 6.20 Å². The third kappa shape index (κ3) is 4.96. The molecule has 1 fully saturated rings. The number of hydrogen-bond donors (Lipinski definition) is 2. The van der Waals surface area contributed by atoms with E-state index in [1.54, 1.807) is 4.57 Å². The Kier molecular flexibility index (Phi) is 7.06. The predicted octanol–water partition coefficient (Wildman–Crippen LogP) is 4.93. The second-order valence-electron chi connectivity index (χ2n) is 9.55. The highest BCUT2D eigenvalue weighted by Gasteiger charge is 2.33. The Balaban J connectivity index is 1.51. The van der Waals surface area contributed by atoms with Crippen LogP contribution in [0, 0.1) is 5.82 Å². The van der Waals surface area contributed by atoms with Gasteiger partial charge in [0.25, 0.3) is 5.91 Å². The van der Waals surface area contributed by atoms with Crippen molar-refractivity contribution in [3.8, 4) is 5.75 Å². The average molecular weight is 588 g/mol. The Bertz CT molecular complexity index is 1510. The van der Waals surface area contributed by atoms with E-state index in [0.29, 0.717) is 30.7 Å². The van der Waals surface area contributed by atoms with Crippen molar-refractivity contribution in [2.75, 3.05) is 50.2 Å². The number of halogens is 6. The summed E-state index contributed by atoms with van der Waals surface area (Å²) in [6, 6.07) is 2.13. The lowest BCUT2D eigenvalue weighted by Gasteiger charge is -2.37. The maximum absolute atomic E-state index is 15.5. The van der Waals surface area contributed by atoms with Crippen LogP contribution in [0.25, 0.3) is 10.9 Å². The van der Waals surface area contributed by atoms with Gasteiger partial charge in [0.1, 0.15) is 17.9 Å². The molecule has 208 valence electrons. The quantitative estimate of drug-likeness (QED) is 0.333. The van der Waals surface area contributed by atoms with Crippen LogP contribution in [-0.4, -0.2) is 55.2 Å². The first-order chi connectivity index (χ1) is 18.4. The second-order valence-corrected chi connectivity index (χ2v) is 10.4. The highest BCUT2D eigenvalue weighted by atomic mass is 35.5. The first-order valence-corrected chi connectivity index (χ1v) is 12.7. The summed E-state index contributed by atoms with van der Waals surface area (Å²) in [6.07, 6.45) is -3.31. The van der Waals surface area contributed by atoms with Crippen LogP contribution in [0.1, 0.15) is 28.9 Å². The fourth-order valence-corrected chi connectivity index (χ4v) is 5.32. The molecule has 3 heterocycles. The van der Waals surface area contributed by atoms with Crippen molar-refractivity contribution in [2.45, 2.75) is 19.1 Å². The maximum atomic E-state index is 15.5. The molecule has 0 saturated carbocycles. The van der Waals surface area contributed by atoms with Gasteiger partial charge in [-0.1, -0.05) is 23.2 Å². The van der Waals surface area contributed by atoms with Crippen LogP contribution in [0.15, 0.2) is 29.2 Å². The van der Waals surface area contributed by atoms with Crippen molar-refractivity contribution in [3.63, 3.8) is 0 Å². The number of pyridine rings is 1. The molecule has 0 bridgehead atoms. The molecule has 39 heavy (non-hydrogen) atoms. The van der Waals surface area contributed by atoms with Crippen molar-refractivity contribution in [2.24, 2.45) is 0 Å². The summed E-state index contributed by atoms with van der Waals surface area (Å²) < 4.78 is 62.2. The zero-order valence-corrected chi connectivity index (χ0v) is 22.3. The summed E-state index contributed by atoms with van der Waals surface area (Å²) in [4.78, 5) is 30.4. The standard InChI is InChI=1S/C25H23Cl2F4N5O3/c1-12-11-39-23-20-14(9-18(28)21(23)35-5-3-34(2)4-6-35)22(37)15(10-36(12)20)24(38)33-32-19-16(26)7-13(8-17(19)27)25(29,30)31/h7-10,12,32H,3-6,11H2,1-2H3,(H,33,38)/t12-/m0/s1. The monoisotopic (exact) mass is 587 g/mol. The average Bonchev–Trinajstić information content (AvgIpc) is 2.86. The summed E-state index contributed by atoms with van der Waals surface area (Å²) in [5.74, 6) is -1.31. The number of anilines is 2. The fourth-order valence-electron chi connectivity index (χ4n) is 4.74. The molecule has 14 heteroatoms. The van der Waals surface area contributed by atoms with E-state index in [9.17, 15) is 22.8 Å². The number of likely N-dealkylation sites (N-methyl/N-ethyl adjacent to an activating group) is 1. The molecule has 1 aromatic heterocycles. The number of amides is 1. The van der Waals surface area contributed by atoms with Crippen LogP contribution in [0.4, 0.5) is 28.9 Å². The molecule has 3 aromatic rings. The summed E-state index contributed by atoms with van der Waals surface area (Å²) in [5.41, 5.74) is 2.99. The van der Waals surface area contributed by atoms with Crippen molar-refractivity contribution in [1.29, 1.82) is 0 Å². The van der Waals surface area contributed by atoms with Crippen LogP contribution in [0.3, 0.4) is 0 Å². The summed E-state index contributed by atoms with van der Waals surface area (Å²) in [7, 11) is 1.98. The number of alkyl halides is 3. The topological polar surface area (TPSA) is 78.8 Å². The number of rotatable bonds is 4. The maximum Gasteiger partial charge on any atom is 0.416 e. The lowest BCUT2D eigenvalue weighted by molar-refractivity contribution is -0.137. The molecule has 1 atom stereocenters. The Morgan fingerprint density at radius 1 is 1.10 bits per heavy atom. The van der Waals surface area contributed by atoms with E-state index in [2.05, 4.69) is 15.8 Å². The van der Waals surface area contributed by atoms with E-state index in [1.807, 2.05) is 18.9 Å². The van der Waals surface area contributed by atoms with E-state index in [0.717, 1.165) is 19.2 Å². The second kappa shape index (κ2) is 10.1. The highest BCUT2D eigenvalue weighted by Crippen LogP contribution is 2.42. The first-order valence-electron chi connectivity index (χ1n) is 12.0. The molecule has 0 unspecified atom stereocenters. The van der Waals surface area contributed by atoms with Gasteiger partial charge < -0.3 is 19.1 Å². The van der Waals surface area contributed by atoms with Gasteiger partial charge >= 0.3 is 6.18 Å². The lowest BCUT2D eigenvalue weighted by Crippen LogP contribution is -2.45. The van der Waals surface area contributed by atoms with Gasteiger partial charge in [0.2, 0.25) is 5.43 Å². The number of carbonyl (C=O) groups is 1. The van der Waals surface area contributed by atoms with Crippen molar-refractivity contribution < 1.29 is 27.1 Å². The Morgan fingerprint density at radius 3 is 2.36 bits per heavy atom. The minimum absolute atomic E-state index is 0.0369. The van der Waals surface area contributed by atoms with E-state index >= 15 is 4.39 Å². The molecule has 2 N–H and O–H groups in total. The smallest absolute Gasteiger partial charge is 0.416 e. The van der Waals surface area contributed by atoms with Crippen LogP contribution in [0.5, 0.6) is 5.75 Å². The number of aromatic nitrogens is 1. The number of nitrogens with one attached hydrogen (secondary N) is 2. The number of hydrogen-bond acceptors (Lipinski definition) is 6. The Labute approximate surface area is 230 Å². The molecule has 1 saturated heterocycles. The van der Waals surface area contributed by atoms with Crippen LogP contribution in [-0.2, 0) is 6.18 Å². The lowest BCUT2D eigenvalue weighted by atomic mass is 10.0. The van der Waals surface area contributed by atoms with E-state index < -0.39 is 38.9 Å². The van der Waals surface area contributed by atoms with Gasteiger partial charge in [-0.2, -0.15) is 13.2 Å². The molecule has 2 aliphatic rings. The first kappa shape index (κ1) is 27.4. The minimum Gasteiger partial charge on any atom is -0.487 e. The third-order valence-corrected chi connectivity index (χ3v) is 7.47. The van der Waals surface area contributed by atoms with Crippen LogP contribution < -0.4 is 25.9 Å². The number of nitrogens with zero attached hydrogens (tertiary/aromatic N) is 3. The SMILES string of the molecule is C[C@H]1COc2c(N3CCN(C)CC3)c(F)cc3c(=O)c(C(=O)NNc4c(Cl)cc(C(F)(F)F)cc4Cl)cn1c23. The van der Waals surface area contributed by atoms with Crippen molar-refractivity contribution in [3.05, 3.63) is 61.6 Å². The van der Waals surface area contributed by atoms with Crippen molar-refractivity contribution >= 4 is 51.4 Å². The van der Waals surface area contributed by atoms with Crippen LogP contribution >= 0.6 is 23.2 Å². The Hall–Kier alpha value is -3.22. The van der Waals surface area contributed by atoms with Gasteiger partial charge in [0.15, 0.2) is 11.6 Å². The fraction of sp³-hybridized carbons (Fsp3) is 0.360.